The van der Waals surface area contributed by atoms with Gasteiger partial charge in [0.15, 0.2) is 5.16 Å². The number of rotatable bonds is 6. The number of thioether (sulfide) groups is 1. The highest BCUT2D eigenvalue weighted by atomic mass is 32.2. The van der Waals surface area contributed by atoms with Crippen molar-refractivity contribution in [2.45, 2.75) is 44.5 Å². The van der Waals surface area contributed by atoms with E-state index in [4.69, 9.17) is 10.5 Å². The molecule has 0 atom stereocenters. The standard InChI is InChI=1S/C16H23N3O2S/c1-16(2,3)21-14(20)11-19-13-8-5-4-7-12(13)18-15(19)22-10-6-9-17/h4-5,7-8H,6,9-11,17H2,1-3H3. The molecule has 0 aliphatic heterocycles. The van der Waals surface area contributed by atoms with Crippen LogP contribution in [0.2, 0.25) is 0 Å². The Bertz CT molecular complexity index is 646. The fraction of sp³-hybridized carbons (Fsp3) is 0.500. The van der Waals surface area contributed by atoms with Gasteiger partial charge < -0.3 is 15.0 Å². The predicted molar refractivity (Wildman–Crippen MR) is 90.0 cm³/mol. The maximum absolute atomic E-state index is 12.2. The van der Waals surface area contributed by atoms with E-state index in [1.165, 1.54) is 0 Å². The third-order valence-electron chi connectivity index (χ3n) is 2.91. The minimum atomic E-state index is -0.486. The van der Waals surface area contributed by atoms with Crippen LogP contribution in [-0.4, -0.2) is 33.4 Å². The summed E-state index contributed by atoms with van der Waals surface area (Å²) in [6.45, 7) is 6.43. The number of aromatic nitrogens is 2. The van der Waals surface area contributed by atoms with Crippen LogP contribution in [-0.2, 0) is 16.1 Å². The van der Waals surface area contributed by atoms with Gasteiger partial charge in [-0.05, 0) is 45.9 Å². The average Bonchev–Trinajstić information content (AvgIpc) is 2.75. The zero-order valence-corrected chi connectivity index (χ0v) is 14.2. The van der Waals surface area contributed by atoms with E-state index in [2.05, 4.69) is 4.98 Å². The Kier molecular flexibility index (Phi) is 5.47. The second-order valence-electron chi connectivity index (χ2n) is 6.05. The molecule has 0 unspecified atom stereocenters. The van der Waals surface area contributed by atoms with Crippen molar-refractivity contribution in [3.63, 3.8) is 0 Å². The smallest absolute Gasteiger partial charge is 0.326 e. The minimum Gasteiger partial charge on any atom is -0.459 e. The van der Waals surface area contributed by atoms with Crippen molar-refractivity contribution in [2.75, 3.05) is 12.3 Å². The van der Waals surface area contributed by atoms with Gasteiger partial charge in [-0.1, -0.05) is 23.9 Å². The number of hydrogen-bond donors (Lipinski definition) is 1. The molecule has 0 saturated heterocycles. The Morgan fingerprint density at radius 1 is 1.36 bits per heavy atom. The van der Waals surface area contributed by atoms with Gasteiger partial charge in [0.2, 0.25) is 0 Å². The SMILES string of the molecule is CC(C)(C)OC(=O)Cn1c(SCCCN)nc2ccccc21. The van der Waals surface area contributed by atoms with E-state index in [1.54, 1.807) is 11.8 Å². The van der Waals surface area contributed by atoms with E-state index in [0.717, 1.165) is 28.4 Å². The number of carbonyl (C=O) groups excluding carboxylic acids is 1. The molecule has 0 fully saturated rings. The third kappa shape index (κ3) is 4.48. The molecule has 0 bridgehead atoms. The van der Waals surface area contributed by atoms with Crippen molar-refractivity contribution in [2.24, 2.45) is 5.73 Å². The van der Waals surface area contributed by atoms with E-state index in [0.29, 0.717) is 6.54 Å². The Hall–Kier alpha value is -1.53. The highest BCUT2D eigenvalue weighted by molar-refractivity contribution is 7.99. The summed E-state index contributed by atoms with van der Waals surface area (Å²) in [5.74, 6) is 0.630. The fourth-order valence-electron chi connectivity index (χ4n) is 2.07. The molecule has 5 nitrogen and oxygen atoms in total. The lowest BCUT2D eigenvalue weighted by atomic mass is 10.2. The fourth-order valence-corrected chi connectivity index (χ4v) is 3.04. The van der Waals surface area contributed by atoms with E-state index < -0.39 is 5.60 Å². The second kappa shape index (κ2) is 7.15. The van der Waals surface area contributed by atoms with Crippen LogP contribution in [0.25, 0.3) is 11.0 Å². The van der Waals surface area contributed by atoms with Gasteiger partial charge >= 0.3 is 5.97 Å². The summed E-state index contributed by atoms with van der Waals surface area (Å²) in [6.07, 6.45) is 0.917. The summed E-state index contributed by atoms with van der Waals surface area (Å²) in [7, 11) is 0. The normalized spacial score (nSPS) is 11.8. The lowest BCUT2D eigenvalue weighted by Crippen LogP contribution is -2.26. The molecule has 0 amide bonds. The number of nitrogens with zero attached hydrogens (tertiary/aromatic N) is 2. The van der Waals surface area contributed by atoms with E-state index in [-0.39, 0.29) is 12.5 Å². The van der Waals surface area contributed by atoms with Crippen molar-refractivity contribution < 1.29 is 9.53 Å². The largest absolute Gasteiger partial charge is 0.459 e. The van der Waals surface area contributed by atoms with Crippen LogP contribution in [0.15, 0.2) is 29.4 Å². The maximum Gasteiger partial charge on any atom is 0.326 e. The molecule has 0 saturated carbocycles. The summed E-state index contributed by atoms with van der Waals surface area (Å²) in [5.41, 5.74) is 6.89. The topological polar surface area (TPSA) is 70.1 Å². The van der Waals surface area contributed by atoms with Crippen molar-refractivity contribution in [3.8, 4) is 0 Å². The van der Waals surface area contributed by atoms with Gasteiger partial charge in [-0.2, -0.15) is 0 Å². The van der Waals surface area contributed by atoms with Gasteiger partial charge in [0.25, 0.3) is 0 Å². The van der Waals surface area contributed by atoms with Crippen molar-refractivity contribution in [1.29, 1.82) is 0 Å². The third-order valence-corrected chi connectivity index (χ3v) is 3.97. The van der Waals surface area contributed by atoms with Gasteiger partial charge in [-0.15, -0.1) is 0 Å². The van der Waals surface area contributed by atoms with Crippen LogP contribution in [0.4, 0.5) is 0 Å². The Morgan fingerprint density at radius 3 is 2.77 bits per heavy atom. The summed E-state index contributed by atoms with van der Waals surface area (Å²) >= 11 is 1.62. The maximum atomic E-state index is 12.2. The van der Waals surface area contributed by atoms with Crippen LogP contribution in [0.3, 0.4) is 0 Å². The van der Waals surface area contributed by atoms with Gasteiger partial charge in [0.1, 0.15) is 12.1 Å². The van der Waals surface area contributed by atoms with Gasteiger partial charge in [-0.3, -0.25) is 4.79 Å². The number of imidazole rings is 1. The highest BCUT2D eigenvalue weighted by Crippen LogP contribution is 2.24. The van der Waals surface area contributed by atoms with Gasteiger partial charge in [0, 0.05) is 5.75 Å². The van der Waals surface area contributed by atoms with Crippen LogP contribution in [0.5, 0.6) is 0 Å². The van der Waals surface area contributed by atoms with Gasteiger partial charge in [-0.25, -0.2) is 4.98 Å². The molecule has 120 valence electrons. The Balaban J connectivity index is 2.24. The molecule has 0 aliphatic carbocycles. The highest BCUT2D eigenvalue weighted by Gasteiger charge is 2.19. The van der Waals surface area contributed by atoms with Crippen LogP contribution >= 0.6 is 11.8 Å². The molecule has 2 aromatic rings. The number of carbonyl (C=O) groups is 1. The number of hydrogen-bond acceptors (Lipinski definition) is 5. The minimum absolute atomic E-state index is 0.169. The molecule has 2 rings (SSSR count). The first-order chi connectivity index (χ1) is 10.4. The van der Waals surface area contributed by atoms with Crippen LogP contribution in [0, 0.1) is 0 Å². The van der Waals surface area contributed by atoms with Crippen LogP contribution < -0.4 is 5.73 Å². The molecule has 1 aromatic heterocycles. The molecular weight excluding hydrogens is 298 g/mol. The Morgan fingerprint density at radius 2 is 2.09 bits per heavy atom. The summed E-state index contributed by atoms with van der Waals surface area (Å²) < 4.78 is 7.35. The van der Waals surface area contributed by atoms with Crippen molar-refractivity contribution in [3.05, 3.63) is 24.3 Å². The number of esters is 1. The number of fused-ring (bicyclic) bond motifs is 1. The molecule has 0 radical (unpaired) electrons. The zero-order chi connectivity index (χ0) is 16.2. The molecule has 2 N–H and O–H groups in total. The molecule has 22 heavy (non-hydrogen) atoms. The number of ether oxygens (including phenoxy) is 1. The quantitative estimate of drug-likeness (QED) is 0.503. The molecule has 1 aromatic carbocycles. The first-order valence-electron chi connectivity index (χ1n) is 7.40. The molecule has 0 spiro atoms. The first-order valence-corrected chi connectivity index (χ1v) is 8.39. The molecule has 6 heteroatoms. The summed E-state index contributed by atoms with van der Waals surface area (Å²) in [5, 5.41) is 0.834. The molecular formula is C16H23N3O2S. The molecule has 1 heterocycles. The Labute approximate surface area is 135 Å². The number of nitrogens with two attached hydrogens (primary N) is 1. The summed E-state index contributed by atoms with van der Waals surface area (Å²) in [4.78, 5) is 16.8. The monoisotopic (exact) mass is 321 g/mol. The van der Waals surface area contributed by atoms with E-state index in [1.807, 2.05) is 49.6 Å². The second-order valence-corrected chi connectivity index (χ2v) is 7.11. The van der Waals surface area contributed by atoms with Crippen molar-refractivity contribution in [1.82, 2.24) is 9.55 Å². The number of benzene rings is 1. The molecule has 0 aliphatic rings. The van der Waals surface area contributed by atoms with Crippen molar-refractivity contribution >= 4 is 28.8 Å². The van der Waals surface area contributed by atoms with Crippen LogP contribution in [0.1, 0.15) is 27.2 Å². The van der Waals surface area contributed by atoms with Gasteiger partial charge in [0.05, 0.1) is 11.0 Å². The van der Waals surface area contributed by atoms with E-state index in [9.17, 15) is 4.79 Å². The summed E-state index contributed by atoms with van der Waals surface area (Å²) in [6, 6.07) is 7.82. The number of para-hydroxylation sites is 2. The van der Waals surface area contributed by atoms with E-state index >= 15 is 0 Å². The average molecular weight is 321 g/mol. The lowest BCUT2D eigenvalue weighted by Gasteiger charge is -2.20. The lowest BCUT2D eigenvalue weighted by molar-refractivity contribution is -0.155. The predicted octanol–water partition coefficient (Wildman–Crippen LogP) is 2.82. The zero-order valence-electron chi connectivity index (χ0n) is 13.3. The first kappa shape index (κ1) is 16.8.